The molecule has 0 aliphatic carbocycles. The zero-order chi connectivity index (χ0) is 17.3. The van der Waals surface area contributed by atoms with Gasteiger partial charge >= 0.3 is 0 Å². The molecule has 0 saturated heterocycles. The molecule has 0 heterocycles. The van der Waals surface area contributed by atoms with E-state index in [0.29, 0.717) is 6.02 Å². The van der Waals surface area contributed by atoms with E-state index in [2.05, 4.69) is 22.2 Å². The molecule has 0 atom stereocenters. The van der Waals surface area contributed by atoms with Crippen molar-refractivity contribution in [3.8, 4) is 11.8 Å². The smallest absolute Gasteiger partial charge is 0.294 e. The van der Waals surface area contributed by atoms with Gasteiger partial charge in [-0.05, 0) is 36.4 Å². The molecule has 0 aliphatic rings. The molecular weight excluding hydrogens is 308 g/mol. The van der Waals surface area contributed by atoms with Crippen LogP contribution in [0, 0.1) is 11.8 Å². The monoisotopic (exact) mass is 326 g/mol. The minimum atomic E-state index is 0.417. The van der Waals surface area contributed by atoms with Crippen LogP contribution in [0.4, 0.5) is 11.4 Å². The molecule has 3 heteroatoms. The second-order valence-corrected chi connectivity index (χ2v) is 5.25. The van der Waals surface area contributed by atoms with E-state index >= 15 is 0 Å². The lowest BCUT2D eigenvalue weighted by molar-refractivity contribution is 0.402. The Morgan fingerprint density at radius 2 is 1.44 bits per heavy atom. The van der Waals surface area contributed by atoms with Crippen molar-refractivity contribution in [1.29, 1.82) is 0 Å². The second kappa shape index (κ2) is 8.37. The predicted octanol–water partition coefficient (Wildman–Crippen LogP) is 4.83. The van der Waals surface area contributed by atoms with Crippen LogP contribution in [0.25, 0.3) is 0 Å². The molecule has 0 radical (unpaired) electrons. The molecule has 0 saturated carbocycles. The molecule has 3 rings (SSSR count). The van der Waals surface area contributed by atoms with Gasteiger partial charge in [-0.25, -0.2) is 0 Å². The quantitative estimate of drug-likeness (QED) is 0.416. The van der Waals surface area contributed by atoms with Gasteiger partial charge in [0.05, 0.1) is 18.4 Å². The summed E-state index contributed by atoms with van der Waals surface area (Å²) in [7, 11) is 1.59. The fourth-order valence-corrected chi connectivity index (χ4v) is 2.22. The number of aliphatic imine (C=N–C) groups is 1. The zero-order valence-corrected chi connectivity index (χ0v) is 13.9. The lowest BCUT2D eigenvalue weighted by Gasteiger charge is -2.08. The van der Waals surface area contributed by atoms with Crippen LogP contribution in [0.15, 0.2) is 89.9 Å². The Bertz CT molecular complexity index is 907. The number of ether oxygens (including phenoxy) is 1. The van der Waals surface area contributed by atoms with Crippen LogP contribution < -0.4 is 5.32 Å². The molecule has 0 aromatic heterocycles. The van der Waals surface area contributed by atoms with Crippen LogP contribution >= 0.6 is 0 Å². The van der Waals surface area contributed by atoms with E-state index in [1.807, 2.05) is 84.9 Å². The van der Waals surface area contributed by atoms with Crippen molar-refractivity contribution in [2.24, 2.45) is 4.99 Å². The summed E-state index contributed by atoms with van der Waals surface area (Å²) in [6.07, 6.45) is 0. The molecule has 3 nitrogen and oxygen atoms in total. The first kappa shape index (κ1) is 16.4. The van der Waals surface area contributed by atoms with Crippen LogP contribution in [-0.2, 0) is 4.74 Å². The Labute approximate surface area is 148 Å². The van der Waals surface area contributed by atoms with Gasteiger partial charge in [0.15, 0.2) is 0 Å². The third-order valence-corrected chi connectivity index (χ3v) is 3.46. The number of benzene rings is 3. The van der Waals surface area contributed by atoms with E-state index in [4.69, 9.17) is 4.74 Å². The summed E-state index contributed by atoms with van der Waals surface area (Å²) in [6, 6.07) is 27.8. The molecule has 3 aromatic rings. The van der Waals surface area contributed by atoms with Gasteiger partial charge in [-0.3, -0.25) is 0 Å². The number of anilines is 1. The standard InChI is InChI=1S/C22H18N2O/c1-25-22(23-20-13-6-3-7-14-20)24-21-15-9-8-12-19(21)17-16-18-10-4-2-5-11-18/h2-15H,1H3,(H,23,24). The third-order valence-electron chi connectivity index (χ3n) is 3.46. The van der Waals surface area contributed by atoms with E-state index in [-0.39, 0.29) is 0 Å². The Hall–Kier alpha value is -3.51. The normalized spacial score (nSPS) is 10.5. The third kappa shape index (κ3) is 4.73. The Balaban J connectivity index is 1.88. The summed E-state index contributed by atoms with van der Waals surface area (Å²) >= 11 is 0. The van der Waals surface area contributed by atoms with Crippen molar-refractivity contribution in [3.05, 3.63) is 96.1 Å². The topological polar surface area (TPSA) is 33.6 Å². The molecule has 0 unspecified atom stereocenters. The maximum atomic E-state index is 5.37. The van der Waals surface area contributed by atoms with Gasteiger partial charge < -0.3 is 10.1 Å². The van der Waals surface area contributed by atoms with Crippen molar-refractivity contribution >= 4 is 17.4 Å². The average molecular weight is 326 g/mol. The number of hydrogen-bond acceptors (Lipinski definition) is 2. The first-order valence-electron chi connectivity index (χ1n) is 7.96. The Kier molecular flexibility index (Phi) is 5.48. The Morgan fingerprint density at radius 3 is 2.16 bits per heavy atom. The highest BCUT2D eigenvalue weighted by molar-refractivity contribution is 5.91. The fourth-order valence-electron chi connectivity index (χ4n) is 2.22. The van der Waals surface area contributed by atoms with Gasteiger partial charge in [0.25, 0.3) is 6.02 Å². The maximum Gasteiger partial charge on any atom is 0.294 e. The summed E-state index contributed by atoms with van der Waals surface area (Å²) in [4.78, 5) is 4.57. The van der Waals surface area contributed by atoms with Gasteiger partial charge in [0, 0.05) is 11.3 Å². The van der Waals surface area contributed by atoms with E-state index in [1.165, 1.54) is 0 Å². The largest absolute Gasteiger partial charge is 0.468 e. The van der Waals surface area contributed by atoms with Crippen LogP contribution in [-0.4, -0.2) is 13.1 Å². The summed E-state index contributed by atoms with van der Waals surface area (Å²) in [5, 5.41) is 3.16. The molecule has 0 bridgehead atoms. The van der Waals surface area contributed by atoms with Crippen LogP contribution in [0.5, 0.6) is 0 Å². The van der Waals surface area contributed by atoms with E-state index in [0.717, 1.165) is 22.5 Å². The number of para-hydroxylation sites is 2. The molecule has 25 heavy (non-hydrogen) atoms. The van der Waals surface area contributed by atoms with E-state index in [9.17, 15) is 0 Å². The number of amidine groups is 1. The highest BCUT2D eigenvalue weighted by Crippen LogP contribution is 2.19. The van der Waals surface area contributed by atoms with Crippen LogP contribution in [0.2, 0.25) is 0 Å². The molecule has 3 aromatic carbocycles. The average Bonchev–Trinajstić information content (AvgIpc) is 2.68. The van der Waals surface area contributed by atoms with Crippen molar-refractivity contribution in [2.45, 2.75) is 0 Å². The van der Waals surface area contributed by atoms with Gasteiger partial charge in [0.2, 0.25) is 0 Å². The molecule has 0 spiro atoms. The van der Waals surface area contributed by atoms with Crippen molar-refractivity contribution < 1.29 is 4.74 Å². The molecular formula is C22H18N2O. The van der Waals surface area contributed by atoms with Gasteiger partial charge in [-0.15, -0.1) is 0 Å². The van der Waals surface area contributed by atoms with Gasteiger partial charge in [-0.1, -0.05) is 60.4 Å². The molecule has 1 N–H and O–H groups in total. The molecule has 0 aliphatic heterocycles. The van der Waals surface area contributed by atoms with Crippen molar-refractivity contribution in [2.75, 3.05) is 12.4 Å². The number of nitrogens with one attached hydrogen (secondary N) is 1. The van der Waals surface area contributed by atoms with E-state index in [1.54, 1.807) is 7.11 Å². The summed E-state index contributed by atoms with van der Waals surface area (Å²) < 4.78 is 5.37. The van der Waals surface area contributed by atoms with Crippen LogP contribution in [0.3, 0.4) is 0 Å². The van der Waals surface area contributed by atoms with Crippen molar-refractivity contribution in [1.82, 2.24) is 0 Å². The first-order valence-corrected chi connectivity index (χ1v) is 7.96. The fraction of sp³-hybridized carbons (Fsp3) is 0.0455. The molecule has 122 valence electrons. The van der Waals surface area contributed by atoms with Crippen LogP contribution in [0.1, 0.15) is 11.1 Å². The van der Waals surface area contributed by atoms with Gasteiger partial charge in [-0.2, -0.15) is 4.99 Å². The maximum absolute atomic E-state index is 5.37. The number of rotatable bonds is 2. The SMILES string of the molecule is COC(=Nc1ccccc1C#Cc1ccccc1)Nc1ccccc1. The number of hydrogen-bond donors (Lipinski definition) is 1. The minimum Gasteiger partial charge on any atom is -0.468 e. The lowest BCUT2D eigenvalue weighted by Crippen LogP contribution is -2.13. The zero-order valence-electron chi connectivity index (χ0n) is 13.9. The molecule has 0 fully saturated rings. The lowest BCUT2D eigenvalue weighted by atomic mass is 10.1. The summed E-state index contributed by atoms with van der Waals surface area (Å²) in [5.74, 6) is 6.34. The highest BCUT2D eigenvalue weighted by Gasteiger charge is 2.03. The van der Waals surface area contributed by atoms with Gasteiger partial charge in [0.1, 0.15) is 0 Å². The highest BCUT2D eigenvalue weighted by atomic mass is 16.5. The summed E-state index contributed by atoms with van der Waals surface area (Å²) in [6.45, 7) is 0. The summed E-state index contributed by atoms with van der Waals surface area (Å²) in [5.41, 5.74) is 3.48. The minimum absolute atomic E-state index is 0.417. The molecule has 0 amide bonds. The Morgan fingerprint density at radius 1 is 0.800 bits per heavy atom. The second-order valence-electron chi connectivity index (χ2n) is 5.25. The predicted molar refractivity (Wildman–Crippen MR) is 103 cm³/mol. The number of methoxy groups -OCH3 is 1. The number of nitrogens with zero attached hydrogens (tertiary/aromatic N) is 1. The first-order chi connectivity index (χ1) is 12.3. The van der Waals surface area contributed by atoms with Crippen molar-refractivity contribution in [3.63, 3.8) is 0 Å². The van der Waals surface area contributed by atoms with E-state index < -0.39 is 0 Å².